The van der Waals surface area contributed by atoms with Crippen molar-refractivity contribution in [1.29, 1.82) is 0 Å². The molecule has 6 heteroatoms. The fraction of sp³-hybridized carbons (Fsp3) is 0.154. The summed E-state index contributed by atoms with van der Waals surface area (Å²) >= 11 is 3.42. The van der Waals surface area contributed by atoms with Crippen LogP contribution in [0, 0.1) is 0 Å². The number of nitrogens with zero attached hydrogens (tertiary/aromatic N) is 1. The van der Waals surface area contributed by atoms with Gasteiger partial charge < -0.3 is 14.4 Å². The van der Waals surface area contributed by atoms with E-state index in [4.69, 9.17) is 4.42 Å². The molecule has 32 heavy (non-hydrogen) atoms. The number of amides is 1. The van der Waals surface area contributed by atoms with Crippen molar-refractivity contribution in [3.63, 3.8) is 0 Å². The number of hydrogen-bond acceptors (Lipinski definition) is 4. The number of rotatable bonds is 5. The Kier molecular flexibility index (Phi) is 5.10. The van der Waals surface area contributed by atoms with Crippen molar-refractivity contribution in [1.82, 2.24) is 4.90 Å². The second kappa shape index (κ2) is 7.95. The van der Waals surface area contributed by atoms with Crippen LogP contribution in [0.1, 0.15) is 35.5 Å². The van der Waals surface area contributed by atoms with Gasteiger partial charge in [0.25, 0.3) is 5.91 Å². The summed E-state index contributed by atoms with van der Waals surface area (Å²) in [6.45, 7) is 2.38. The lowest BCUT2D eigenvalue weighted by Gasteiger charge is -2.27. The van der Waals surface area contributed by atoms with Gasteiger partial charge in [-0.2, -0.15) is 0 Å². The zero-order valence-corrected chi connectivity index (χ0v) is 18.9. The average Bonchev–Trinajstić information content (AvgIpc) is 3.32. The predicted molar refractivity (Wildman–Crippen MR) is 127 cm³/mol. The van der Waals surface area contributed by atoms with Crippen LogP contribution in [-0.2, 0) is 4.79 Å². The van der Waals surface area contributed by atoms with Gasteiger partial charge in [-0.25, -0.2) is 0 Å². The number of aliphatic hydroxyl groups excluding tert-OH is 1. The van der Waals surface area contributed by atoms with E-state index in [1.807, 2.05) is 61.5 Å². The standard InChI is InChI=1S/C26H20BrNO4/c1-2-12-28-23(19-9-5-7-15-6-3-4-8-18(15)19)22(25(30)26(28)31)24(29)21-14-16-13-17(27)10-11-20(16)32-21/h3-11,13-14,23,30H,2,12H2,1H3. The Morgan fingerprint density at radius 1 is 1.06 bits per heavy atom. The van der Waals surface area contributed by atoms with E-state index in [2.05, 4.69) is 15.9 Å². The summed E-state index contributed by atoms with van der Waals surface area (Å²) in [4.78, 5) is 28.2. The van der Waals surface area contributed by atoms with Crippen LogP contribution >= 0.6 is 15.9 Å². The van der Waals surface area contributed by atoms with Gasteiger partial charge in [-0.15, -0.1) is 0 Å². The molecule has 0 saturated carbocycles. The van der Waals surface area contributed by atoms with Gasteiger partial charge in [0.2, 0.25) is 5.78 Å². The summed E-state index contributed by atoms with van der Waals surface area (Å²) in [5.41, 5.74) is 1.42. The molecular weight excluding hydrogens is 470 g/mol. The molecule has 1 aromatic heterocycles. The maximum Gasteiger partial charge on any atom is 0.290 e. The fourth-order valence-corrected chi connectivity index (χ4v) is 4.81. The predicted octanol–water partition coefficient (Wildman–Crippen LogP) is 6.34. The summed E-state index contributed by atoms with van der Waals surface area (Å²) in [5.74, 6) is -1.44. The highest BCUT2D eigenvalue weighted by Gasteiger charge is 2.44. The fourth-order valence-electron chi connectivity index (χ4n) is 4.43. The van der Waals surface area contributed by atoms with Crippen LogP contribution in [0.15, 0.2) is 87.0 Å². The van der Waals surface area contributed by atoms with Crippen LogP contribution in [0.3, 0.4) is 0 Å². The highest BCUT2D eigenvalue weighted by atomic mass is 79.9. The molecule has 160 valence electrons. The van der Waals surface area contributed by atoms with E-state index >= 15 is 0 Å². The number of furan rings is 1. The molecule has 0 saturated heterocycles. The minimum absolute atomic E-state index is 0.0536. The summed E-state index contributed by atoms with van der Waals surface area (Å²) in [7, 11) is 0. The molecule has 0 spiro atoms. The maximum absolute atomic E-state index is 13.6. The third-order valence-corrected chi connectivity index (χ3v) is 6.33. The van der Waals surface area contributed by atoms with E-state index in [1.54, 1.807) is 17.0 Å². The second-order valence-corrected chi connectivity index (χ2v) is 8.77. The van der Waals surface area contributed by atoms with Gasteiger partial charge in [0.15, 0.2) is 11.5 Å². The average molecular weight is 490 g/mol. The summed E-state index contributed by atoms with van der Waals surface area (Å²) < 4.78 is 6.67. The van der Waals surface area contributed by atoms with Gasteiger partial charge in [-0.3, -0.25) is 9.59 Å². The smallest absolute Gasteiger partial charge is 0.290 e. The number of Topliss-reactive ketones (excluding diaryl/α,β-unsaturated/α-hetero) is 1. The van der Waals surface area contributed by atoms with E-state index in [1.165, 1.54) is 0 Å². The number of ketones is 1. The maximum atomic E-state index is 13.6. The second-order valence-electron chi connectivity index (χ2n) is 7.85. The van der Waals surface area contributed by atoms with Gasteiger partial charge in [-0.05, 0) is 47.0 Å². The lowest BCUT2D eigenvalue weighted by atomic mass is 9.91. The Labute approximate surface area is 193 Å². The molecule has 0 aliphatic carbocycles. The quantitative estimate of drug-likeness (QED) is 0.332. The van der Waals surface area contributed by atoms with E-state index in [9.17, 15) is 14.7 Å². The third-order valence-electron chi connectivity index (χ3n) is 5.83. The van der Waals surface area contributed by atoms with Crippen LogP contribution < -0.4 is 0 Å². The molecule has 4 aromatic rings. The first-order chi connectivity index (χ1) is 15.5. The largest absolute Gasteiger partial charge is 0.503 e. The summed E-state index contributed by atoms with van der Waals surface area (Å²) in [5, 5.41) is 13.5. The van der Waals surface area contributed by atoms with E-state index in [-0.39, 0.29) is 11.3 Å². The van der Waals surface area contributed by atoms with Crippen molar-refractivity contribution in [2.24, 2.45) is 0 Å². The Balaban J connectivity index is 1.68. The zero-order valence-electron chi connectivity index (χ0n) is 17.3. The molecular formula is C26H20BrNO4. The molecule has 5 nitrogen and oxygen atoms in total. The first-order valence-corrected chi connectivity index (χ1v) is 11.2. The Morgan fingerprint density at radius 3 is 2.66 bits per heavy atom. The number of halogens is 1. The van der Waals surface area contributed by atoms with Crippen molar-refractivity contribution in [2.45, 2.75) is 19.4 Å². The number of benzene rings is 3. The number of fused-ring (bicyclic) bond motifs is 2. The third kappa shape index (κ3) is 3.22. The van der Waals surface area contributed by atoms with Gasteiger partial charge >= 0.3 is 0 Å². The Morgan fingerprint density at radius 2 is 1.84 bits per heavy atom. The topological polar surface area (TPSA) is 70.8 Å². The number of carbonyl (C=O) groups is 2. The zero-order chi connectivity index (χ0) is 22.4. The van der Waals surface area contributed by atoms with Gasteiger partial charge in [0.1, 0.15) is 5.58 Å². The Bertz CT molecular complexity index is 1410. The number of hydrogen-bond donors (Lipinski definition) is 1. The summed E-state index contributed by atoms with van der Waals surface area (Å²) in [6, 6.07) is 20.0. The molecule has 1 amide bonds. The van der Waals surface area contributed by atoms with Crippen molar-refractivity contribution in [2.75, 3.05) is 6.54 Å². The molecule has 2 heterocycles. The highest BCUT2D eigenvalue weighted by molar-refractivity contribution is 9.10. The molecule has 1 atom stereocenters. The normalized spacial score (nSPS) is 16.5. The first-order valence-electron chi connectivity index (χ1n) is 10.4. The Hall–Kier alpha value is -3.38. The molecule has 0 fully saturated rings. The molecule has 1 aliphatic rings. The van der Waals surface area contributed by atoms with Gasteiger partial charge in [0, 0.05) is 16.4 Å². The first kappa shape index (κ1) is 20.5. The van der Waals surface area contributed by atoms with E-state index in [0.717, 1.165) is 26.2 Å². The van der Waals surface area contributed by atoms with Crippen LogP contribution in [0.2, 0.25) is 0 Å². The SMILES string of the molecule is CCCN1C(=O)C(O)=C(C(=O)c2cc3cc(Br)ccc3o2)C1c1cccc2ccccc12. The number of aliphatic hydroxyl groups is 1. The van der Waals surface area contributed by atoms with Crippen molar-refractivity contribution >= 4 is 49.4 Å². The minimum Gasteiger partial charge on any atom is -0.503 e. The molecule has 5 rings (SSSR count). The van der Waals surface area contributed by atoms with Crippen molar-refractivity contribution < 1.29 is 19.1 Å². The molecule has 0 radical (unpaired) electrons. The van der Waals surface area contributed by atoms with Crippen molar-refractivity contribution in [3.05, 3.63) is 93.9 Å². The van der Waals surface area contributed by atoms with Crippen LogP contribution in [-0.4, -0.2) is 28.2 Å². The van der Waals surface area contributed by atoms with Crippen LogP contribution in [0.4, 0.5) is 0 Å². The molecule has 1 unspecified atom stereocenters. The van der Waals surface area contributed by atoms with Crippen molar-refractivity contribution in [3.8, 4) is 0 Å². The van der Waals surface area contributed by atoms with Crippen LogP contribution in [0.5, 0.6) is 0 Å². The molecule has 0 bridgehead atoms. The van der Waals surface area contributed by atoms with Gasteiger partial charge in [-0.1, -0.05) is 65.3 Å². The molecule has 1 aliphatic heterocycles. The monoisotopic (exact) mass is 489 g/mol. The van der Waals surface area contributed by atoms with Crippen LogP contribution in [0.25, 0.3) is 21.7 Å². The summed E-state index contributed by atoms with van der Waals surface area (Å²) in [6.07, 6.45) is 0.695. The lowest BCUT2D eigenvalue weighted by molar-refractivity contribution is -0.129. The molecule has 1 N–H and O–H groups in total. The van der Waals surface area contributed by atoms with E-state index < -0.39 is 23.5 Å². The highest BCUT2D eigenvalue weighted by Crippen LogP contribution is 2.42. The lowest BCUT2D eigenvalue weighted by Crippen LogP contribution is -2.32. The van der Waals surface area contributed by atoms with E-state index in [0.29, 0.717) is 18.5 Å². The van der Waals surface area contributed by atoms with Gasteiger partial charge in [0.05, 0.1) is 11.6 Å². The minimum atomic E-state index is -0.694. The molecule has 3 aromatic carbocycles. The number of carbonyl (C=O) groups excluding carboxylic acids is 2.